The Kier molecular flexibility index (Phi) is 3.96. The summed E-state index contributed by atoms with van der Waals surface area (Å²) in [7, 11) is 0. The molecule has 0 saturated carbocycles. The molecule has 1 aromatic carbocycles. The third-order valence-corrected chi connectivity index (χ3v) is 2.75. The number of hydrogen-bond donors (Lipinski definition) is 3. The number of rotatable bonds is 3. The third-order valence-electron chi connectivity index (χ3n) is 2.75. The molecule has 0 bridgehead atoms. The molecular formula is C11H13NO7. The van der Waals surface area contributed by atoms with Crippen molar-refractivity contribution in [2.24, 2.45) is 0 Å². The fourth-order valence-electron chi connectivity index (χ4n) is 1.66. The van der Waals surface area contributed by atoms with Gasteiger partial charge >= 0.3 is 0 Å². The van der Waals surface area contributed by atoms with E-state index in [1.807, 2.05) is 0 Å². The number of non-ortho nitro benzene ring substituents is 1. The minimum absolute atomic E-state index is 0.0899. The fourth-order valence-corrected chi connectivity index (χ4v) is 1.66. The van der Waals surface area contributed by atoms with Crippen molar-refractivity contribution in [2.45, 2.75) is 24.6 Å². The van der Waals surface area contributed by atoms with Crippen molar-refractivity contribution in [1.29, 1.82) is 0 Å². The molecule has 8 heteroatoms. The van der Waals surface area contributed by atoms with Gasteiger partial charge < -0.3 is 24.8 Å². The summed E-state index contributed by atoms with van der Waals surface area (Å²) in [5.41, 5.74) is -0.0899. The van der Waals surface area contributed by atoms with Gasteiger partial charge in [0.05, 0.1) is 11.5 Å². The molecule has 1 aromatic rings. The Bertz CT molecular complexity index is 449. The van der Waals surface area contributed by atoms with E-state index in [-0.39, 0.29) is 18.0 Å². The molecule has 1 aliphatic rings. The van der Waals surface area contributed by atoms with E-state index in [4.69, 9.17) is 9.47 Å². The van der Waals surface area contributed by atoms with Crippen LogP contribution in [-0.4, -0.2) is 51.5 Å². The van der Waals surface area contributed by atoms with Crippen LogP contribution in [0.2, 0.25) is 0 Å². The van der Waals surface area contributed by atoms with Crippen molar-refractivity contribution in [2.75, 3.05) is 6.61 Å². The molecule has 0 unspecified atom stereocenters. The highest BCUT2D eigenvalue weighted by Gasteiger charge is 2.38. The standard InChI is InChI=1S/C11H13NO7/c13-8-5-18-11(10(15)9(8)14)19-7-3-1-6(2-4-7)12(16)17/h1-4,8-11,13-15H,5H2/t8-,9-,10-,11-/m0/s1. The molecule has 1 heterocycles. The Hall–Kier alpha value is -1.74. The van der Waals surface area contributed by atoms with Crippen LogP contribution in [0.3, 0.4) is 0 Å². The van der Waals surface area contributed by atoms with Crippen LogP contribution in [-0.2, 0) is 4.74 Å². The van der Waals surface area contributed by atoms with Crippen LogP contribution in [0, 0.1) is 10.1 Å². The molecule has 1 saturated heterocycles. The predicted molar refractivity (Wildman–Crippen MR) is 61.5 cm³/mol. The van der Waals surface area contributed by atoms with E-state index < -0.39 is 29.5 Å². The van der Waals surface area contributed by atoms with Gasteiger partial charge in [0.2, 0.25) is 6.29 Å². The summed E-state index contributed by atoms with van der Waals surface area (Å²) in [6.07, 6.45) is -5.08. The molecule has 1 aliphatic heterocycles. The van der Waals surface area contributed by atoms with Crippen molar-refractivity contribution in [3.8, 4) is 5.75 Å². The Morgan fingerprint density at radius 1 is 1.21 bits per heavy atom. The highest BCUT2D eigenvalue weighted by atomic mass is 16.7. The topological polar surface area (TPSA) is 122 Å². The number of nitro benzene ring substituents is 1. The Morgan fingerprint density at radius 3 is 2.42 bits per heavy atom. The van der Waals surface area contributed by atoms with Crippen molar-refractivity contribution in [3.05, 3.63) is 34.4 Å². The molecule has 1 fully saturated rings. The molecular weight excluding hydrogens is 258 g/mol. The molecule has 4 atom stereocenters. The zero-order valence-corrected chi connectivity index (χ0v) is 9.75. The lowest BCUT2D eigenvalue weighted by Crippen LogP contribution is -2.54. The second kappa shape index (κ2) is 5.49. The number of hydrogen-bond acceptors (Lipinski definition) is 7. The lowest BCUT2D eigenvalue weighted by molar-refractivity contribution is -0.384. The number of nitro groups is 1. The van der Waals surface area contributed by atoms with Gasteiger partial charge in [-0.1, -0.05) is 0 Å². The molecule has 0 radical (unpaired) electrons. The Balaban J connectivity index is 2.03. The van der Waals surface area contributed by atoms with Crippen molar-refractivity contribution >= 4 is 5.69 Å². The van der Waals surface area contributed by atoms with Crippen LogP contribution >= 0.6 is 0 Å². The molecule has 3 N–H and O–H groups in total. The van der Waals surface area contributed by atoms with Gasteiger partial charge in [0.1, 0.15) is 24.1 Å². The second-order valence-electron chi connectivity index (χ2n) is 4.12. The van der Waals surface area contributed by atoms with Gasteiger partial charge in [0.15, 0.2) is 0 Å². The van der Waals surface area contributed by atoms with Gasteiger partial charge in [-0.3, -0.25) is 10.1 Å². The minimum Gasteiger partial charge on any atom is -0.462 e. The molecule has 8 nitrogen and oxygen atoms in total. The first kappa shape index (κ1) is 13.7. The largest absolute Gasteiger partial charge is 0.462 e. The maximum Gasteiger partial charge on any atom is 0.269 e. The van der Waals surface area contributed by atoms with E-state index in [9.17, 15) is 25.4 Å². The average molecular weight is 271 g/mol. The predicted octanol–water partition coefficient (Wildman–Crippen LogP) is -0.587. The van der Waals surface area contributed by atoms with E-state index in [1.54, 1.807) is 0 Å². The number of aliphatic hydroxyl groups is 3. The first-order valence-electron chi connectivity index (χ1n) is 5.56. The van der Waals surface area contributed by atoms with Crippen molar-refractivity contribution < 1.29 is 29.7 Å². The van der Waals surface area contributed by atoms with E-state index in [0.717, 1.165) is 0 Å². The van der Waals surface area contributed by atoms with Gasteiger partial charge in [-0.25, -0.2) is 0 Å². The van der Waals surface area contributed by atoms with Gasteiger partial charge in [-0.15, -0.1) is 0 Å². The summed E-state index contributed by atoms with van der Waals surface area (Å²) < 4.78 is 10.3. The van der Waals surface area contributed by atoms with Crippen LogP contribution in [0.4, 0.5) is 5.69 Å². The van der Waals surface area contributed by atoms with Crippen LogP contribution in [0.25, 0.3) is 0 Å². The first-order valence-corrected chi connectivity index (χ1v) is 5.56. The van der Waals surface area contributed by atoms with Gasteiger partial charge in [-0.05, 0) is 12.1 Å². The molecule has 2 rings (SSSR count). The van der Waals surface area contributed by atoms with Gasteiger partial charge in [0.25, 0.3) is 5.69 Å². The monoisotopic (exact) mass is 271 g/mol. The SMILES string of the molecule is O=[N+]([O-])c1ccc(O[C@@H]2OC[C@H](O)[C@H](O)[C@@H]2O)cc1. The van der Waals surface area contributed by atoms with E-state index in [0.29, 0.717) is 0 Å². The van der Waals surface area contributed by atoms with Crippen molar-refractivity contribution in [1.82, 2.24) is 0 Å². The number of benzene rings is 1. The van der Waals surface area contributed by atoms with Crippen LogP contribution < -0.4 is 4.74 Å². The summed E-state index contributed by atoms with van der Waals surface area (Å²) >= 11 is 0. The quantitative estimate of drug-likeness (QED) is 0.496. The van der Waals surface area contributed by atoms with Crippen molar-refractivity contribution in [3.63, 3.8) is 0 Å². The summed E-state index contributed by atoms with van der Waals surface area (Å²) in [5.74, 6) is 0.248. The number of nitrogens with zero attached hydrogens (tertiary/aromatic N) is 1. The van der Waals surface area contributed by atoms with E-state index >= 15 is 0 Å². The van der Waals surface area contributed by atoms with E-state index in [2.05, 4.69) is 0 Å². The average Bonchev–Trinajstić information content (AvgIpc) is 2.40. The van der Waals surface area contributed by atoms with Gasteiger partial charge in [0, 0.05) is 12.1 Å². The zero-order valence-electron chi connectivity index (χ0n) is 9.75. The fraction of sp³-hybridized carbons (Fsp3) is 0.455. The maximum absolute atomic E-state index is 10.5. The molecule has 0 amide bonds. The minimum atomic E-state index is -1.40. The Morgan fingerprint density at radius 2 is 1.84 bits per heavy atom. The zero-order chi connectivity index (χ0) is 14.0. The lowest BCUT2D eigenvalue weighted by Gasteiger charge is -2.34. The van der Waals surface area contributed by atoms with Crippen LogP contribution in [0.15, 0.2) is 24.3 Å². The molecule has 0 spiro atoms. The summed E-state index contributed by atoms with van der Waals surface area (Å²) in [6, 6.07) is 5.20. The summed E-state index contributed by atoms with van der Waals surface area (Å²) in [4.78, 5) is 9.93. The first-order chi connectivity index (χ1) is 8.99. The van der Waals surface area contributed by atoms with Gasteiger partial charge in [-0.2, -0.15) is 0 Å². The number of ether oxygens (including phenoxy) is 2. The van der Waals surface area contributed by atoms with Crippen LogP contribution in [0.5, 0.6) is 5.75 Å². The smallest absolute Gasteiger partial charge is 0.269 e. The summed E-state index contributed by atoms with van der Waals surface area (Å²) in [5, 5.41) is 38.8. The molecule has 0 aromatic heterocycles. The highest BCUT2D eigenvalue weighted by molar-refractivity contribution is 5.36. The normalized spacial score (nSPS) is 30.9. The Labute approximate surface area is 108 Å². The maximum atomic E-state index is 10.5. The second-order valence-corrected chi connectivity index (χ2v) is 4.12. The molecule has 0 aliphatic carbocycles. The third kappa shape index (κ3) is 2.99. The molecule has 104 valence electrons. The lowest BCUT2D eigenvalue weighted by atomic mass is 10.1. The summed E-state index contributed by atoms with van der Waals surface area (Å²) in [6.45, 7) is -0.171. The highest BCUT2D eigenvalue weighted by Crippen LogP contribution is 2.22. The number of aliphatic hydroxyl groups excluding tert-OH is 3. The van der Waals surface area contributed by atoms with E-state index in [1.165, 1.54) is 24.3 Å². The molecule has 19 heavy (non-hydrogen) atoms. The van der Waals surface area contributed by atoms with Crippen LogP contribution in [0.1, 0.15) is 0 Å².